The Morgan fingerprint density at radius 3 is 3.23 bits per heavy atom. The third-order valence-corrected chi connectivity index (χ3v) is 4.09. The highest BCUT2D eigenvalue weighted by Gasteiger charge is 2.24. The van der Waals surface area contributed by atoms with Gasteiger partial charge in [-0.05, 0) is 39.3 Å². The van der Waals surface area contributed by atoms with Gasteiger partial charge in [-0.25, -0.2) is 0 Å². The van der Waals surface area contributed by atoms with Crippen LogP contribution < -0.4 is 0 Å². The van der Waals surface area contributed by atoms with Crippen molar-refractivity contribution < 1.29 is 9.26 Å². The van der Waals surface area contributed by atoms with E-state index in [9.17, 15) is 0 Å². The Hall–Kier alpha value is -1.73. The van der Waals surface area contributed by atoms with Gasteiger partial charge in [0.15, 0.2) is 5.82 Å². The molecule has 3 heterocycles. The van der Waals surface area contributed by atoms with Crippen LogP contribution in [0.4, 0.5) is 0 Å². The number of H-pyrrole nitrogens is 1. The second-order valence-corrected chi connectivity index (χ2v) is 5.73. The predicted octanol–water partition coefficient (Wildman–Crippen LogP) is 2.27. The molecule has 0 aromatic carbocycles. The van der Waals surface area contributed by atoms with Gasteiger partial charge < -0.3 is 9.26 Å². The molecule has 2 aromatic rings. The number of aromatic nitrogens is 4. The third-order valence-electron chi connectivity index (χ3n) is 4.09. The zero-order chi connectivity index (χ0) is 15.4. The summed E-state index contributed by atoms with van der Waals surface area (Å²) in [6.07, 6.45) is 4.05. The Bertz CT molecular complexity index is 568. The molecule has 0 aliphatic carbocycles. The second kappa shape index (κ2) is 7.02. The Kier molecular flexibility index (Phi) is 4.84. The highest BCUT2D eigenvalue weighted by atomic mass is 16.5. The zero-order valence-electron chi connectivity index (χ0n) is 13.2. The van der Waals surface area contributed by atoms with E-state index in [2.05, 4.69) is 31.3 Å². The number of piperidine rings is 1. The SMILES string of the molecule is CCO[C@H](C)c1noc(CN2CCC[C@H](c3ccn[nH]3)C2)n1. The van der Waals surface area contributed by atoms with Crippen molar-refractivity contribution in [3.05, 3.63) is 29.7 Å². The molecule has 0 unspecified atom stereocenters. The number of aromatic amines is 1. The monoisotopic (exact) mass is 305 g/mol. The Labute approximate surface area is 130 Å². The zero-order valence-corrected chi connectivity index (χ0v) is 13.2. The van der Waals surface area contributed by atoms with Crippen LogP contribution in [0.1, 0.15) is 56.1 Å². The lowest BCUT2D eigenvalue weighted by molar-refractivity contribution is 0.0683. The molecular weight excluding hydrogens is 282 g/mol. The molecule has 1 aliphatic heterocycles. The number of nitrogens with one attached hydrogen (secondary N) is 1. The fourth-order valence-corrected chi connectivity index (χ4v) is 2.96. The second-order valence-electron chi connectivity index (χ2n) is 5.73. The molecule has 1 aliphatic rings. The van der Waals surface area contributed by atoms with Crippen molar-refractivity contribution in [3.8, 4) is 0 Å². The summed E-state index contributed by atoms with van der Waals surface area (Å²) in [6, 6.07) is 2.06. The third kappa shape index (κ3) is 3.53. The summed E-state index contributed by atoms with van der Waals surface area (Å²) in [5.74, 6) is 1.78. The van der Waals surface area contributed by atoms with Crippen LogP contribution in [0.15, 0.2) is 16.8 Å². The summed E-state index contributed by atoms with van der Waals surface area (Å²) >= 11 is 0. The molecule has 0 bridgehead atoms. The van der Waals surface area contributed by atoms with Crippen LogP contribution in [0.5, 0.6) is 0 Å². The molecule has 0 spiro atoms. The maximum atomic E-state index is 5.49. The van der Waals surface area contributed by atoms with Gasteiger partial charge in [0.25, 0.3) is 0 Å². The standard InChI is InChI=1S/C15H23N5O2/c1-3-21-11(2)15-17-14(22-19-15)10-20-8-4-5-12(9-20)13-6-7-16-18-13/h6-7,11-12H,3-5,8-10H2,1-2H3,(H,16,18)/t11-,12+/m1/s1. The lowest BCUT2D eigenvalue weighted by atomic mass is 9.95. The van der Waals surface area contributed by atoms with Crippen LogP contribution in [0, 0.1) is 0 Å². The first-order valence-corrected chi connectivity index (χ1v) is 7.92. The molecule has 1 N–H and O–H groups in total. The van der Waals surface area contributed by atoms with Crippen LogP contribution >= 0.6 is 0 Å². The van der Waals surface area contributed by atoms with Gasteiger partial charge in [0.05, 0.1) is 6.54 Å². The summed E-state index contributed by atoms with van der Waals surface area (Å²) in [4.78, 5) is 6.80. The van der Waals surface area contributed by atoms with Gasteiger partial charge in [0.1, 0.15) is 6.10 Å². The average molecular weight is 305 g/mol. The van der Waals surface area contributed by atoms with Gasteiger partial charge in [-0.2, -0.15) is 10.1 Å². The van der Waals surface area contributed by atoms with E-state index in [1.54, 1.807) is 0 Å². The van der Waals surface area contributed by atoms with E-state index >= 15 is 0 Å². The normalized spacial score (nSPS) is 21.1. The Morgan fingerprint density at radius 2 is 2.45 bits per heavy atom. The van der Waals surface area contributed by atoms with Crippen molar-refractivity contribution in [2.45, 2.75) is 45.3 Å². The van der Waals surface area contributed by atoms with Crippen LogP contribution in [0.2, 0.25) is 0 Å². The van der Waals surface area contributed by atoms with E-state index in [-0.39, 0.29) is 6.10 Å². The lowest BCUT2D eigenvalue weighted by Crippen LogP contribution is -2.34. The van der Waals surface area contributed by atoms with Gasteiger partial charge in [0, 0.05) is 31.0 Å². The molecular formula is C15H23N5O2. The summed E-state index contributed by atoms with van der Waals surface area (Å²) in [6.45, 7) is 7.28. The Morgan fingerprint density at radius 1 is 1.55 bits per heavy atom. The molecule has 120 valence electrons. The molecule has 1 saturated heterocycles. The quantitative estimate of drug-likeness (QED) is 0.882. The first kappa shape index (κ1) is 15.2. The molecule has 2 atom stereocenters. The van der Waals surface area contributed by atoms with Gasteiger partial charge in [-0.1, -0.05) is 5.16 Å². The summed E-state index contributed by atoms with van der Waals surface area (Å²) < 4.78 is 10.8. The van der Waals surface area contributed by atoms with E-state index in [1.165, 1.54) is 18.5 Å². The summed E-state index contributed by atoms with van der Waals surface area (Å²) in [5.41, 5.74) is 1.21. The van der Waals surface area contributed by atoms with Crippen LogP contribution in [-0.2, 0) is 11.3 Å². The van der Waals surface area contributed by atoms with E-state index in [0.717, 1.165) is 13.1 Å². The molecule has 7 heteroatoms. The highest BCUT2D eigenvalue weighted by Crippen LogP contribution is 2.26. The van der Waals surface area contributed by atoms with Crippen LogP contribution in [0.25, 0.3) is 0 Å². The number of likely N-dealkylation sites (tertiary alicyclic amines) is 1. The fourth-order valence-electron chi connectivity index (χ4n) is 2.96. The van der Waals surface area contributed by atoms with Gasteiger partial charge in [-0.3, -0.25) is 10.00 Å². The molecule has 0 amide bonds. The minimum Gasteiger partial charge on any atom is -0.371 e. The van der Waals surface area contributed by atoms with Crippen molar-refractivity contribution in [3.63, 3.8) is 0 Å². The van der Waals surface area contributed by atoms with E-state index < -0.39 is 0 Å². The minimum atomic E-state index is -0.124. The maximum Gasteiger partial charge on any atom is 0.240 e. The van der Waals surface area contributed by atoms with Gasteiger partial charge in [-0.15, -0.1) is 0 Å². The minimum absolute atomic E-state index is 0.124. The molecule has 3 rings (SSSR count). The fraction of sp³-hybridized carbons (Fsp3) is 0.667. The average Bonchev–Trinajstić information content (AvgIpc) is 3.19. The molecule has 1 fully saturated rings. The van der Waals surface area contributed by atoms with Crippen molar-refractivity contribution >= 4 is 0 Å². The first-order chi connectivity index (χ1) is 10.8. The van der Waals surface area contributed by atoms with Crippen molar-refractivity contribution in [2.24, 2.45) is 0 Å². The Balaban J connectivity index is 1.58. The number of hydrogen-bond donors (Lipinski definition) is 1. The van der Waals surface area contributed by atoms with E-state index in [4.69, 9.17) is 9.26 Å². The van der Waals surface area contributed by atoms with E-state index in [0.29, 0.717) is 30.8 Å². The molecule has 0 radical (unpaired) electrons. The molecule has 2 aromatic heterocycles. The number of nitrogens with zero attached hydrogens (tertiary/aromatic N) is 4. The van der Waals surface area contributed by atoms with Crippen molar-refractivity contribution in [1.29, 1.82) is 0 Å². The molecule has 22 heavy (non-hydrogen) atoms. The van der Waals surface area contributed by atoms with Crippen LogP contribution in [0.3, 0.4) is 0 Å². The molecule has 0 saturated carbocycles. The lowest BCUT2D eigenvalue weighted by Gasteiger charge is -2.30. The molecule has 7 nitrogen and oxygen atoms in total. The largest absolute Gasteiger partial charge is 0.371 e. The first-order valence-electron chi connectivity index (χ1n) is 7.92. The number of hydrogen-bond acceptors (Lipinski definition) is 6. The number of ether oxygens (including phenoxy) is 1. The number of rotatable bonds is 6. The van der Waals surface area contributed by atoms with Crippen molar-refractivity contribution in [1.82, 2.24) is 25.2 Å². The highest BCUT2D eigenvalue weighted by molar-refractivity contribution is 5.07. The summed E-state index contributed by atoms with van der Waals surface area (Å²) in [5, 5.41) is 11.1. The maximum absolute atomic E-state index is 5.49. The van der Waals surface area contributed by atoms with E-state index in [1.807, 2.05) is 20.0 Å². The van der Waals surface area contributed by atoms with Crippen molar-refractivity contribution in [2.75, 3.05) is 19.7 Å². The van der Waals surface area contributed by atoms with Gasteiger partial charge >= 0.3 is 0 Å². The van der Waals surface area contributed by atoms with Gasteiger partial charge in [0.2, 0.25) is 5.89 Å². The predicted molar refractivity (Wildman–Crippen MR) is 80.2 cm³/mol. The summed E-state index contributed by atoms with van der Waals surface area (Å²) in [7, 11) is 0. The topological polar surface area (TPSA) is 80.1 Å². The smallest absolute Gasteiger partial charge is 0.240 e. The van der Waals surface area contributed by atoms with Crippen LogP contribution in [-0.4, -0.2) is 44.9 Å².